The zero-order valence-electron chi connectivity index (χ0n) is 20.8. The van der Waals surface area contributed by atoms with Crippen LogP contribution >= 0.6 is 0 Å². The molecular formula is C26H29N3O6S2. The van der Waals surface area contributed by atoms with E-state index in [1.807, 2.05) is 19.9 Å². The number of sulfonamides is 2. The molecule has 1 amide bonds. The Hall–Kier alpha value is -3.25. The first-order chi connectivity index (χ1) is 17.5. The van der Waals surface area contributed by atoms with Crippen molar-refractivity contribution in [1.29, 1.82) is 0 Å². The van der Waals surface area contributed by atoms with Gasteiger partial charge in [0.25, 0.3) is 15.9 Å². The maximum atomic E-state index is 13.2. The molecule has 1 fully saturated rings. The van der Waals surface area contributed by atoms with Crippen LogP contribution in [-0.4, -0.2) is 53.4 Å². The molecule has 0 saturated carbocycles. The third kappa shape index (κ3) is 5.85. The van der Waals surface area contributed by atoms with Gasteiger partial charge in [-0.05, 0) is 79.9 Å². The highest BCUT2D eigenvalue weighted by Crippen LogP contribution is 2.25. The number of nitrogens with zero attached hydrogens (tertiary/aromatic N) is 1. The van der Waals surface area contributed by atoms with Crippen molar-refractivity contribution >= 4 is 37.3 Å². The zero-order chi connectivity index (χ0) is 26.8. The second-order valence-corrected chi connectivity index (χ2v) is 12.4. The number of carbonyl (C=O) groups is 1. The Balaban J connectivity index is 1.52. The lowest BCUT2D eigenvalue weighted by Crippen LogP contribution is -2.40. The van der Waals surface area contributed by atoms with Gasteiger partial charge in [0, 0.05) is 24.3 Å². The number of amides is 1. The van der Waals surface area contributed by atoms with Crippen molar-refractivity contribution in [1.82, 2.24) is 4.31 Å². The van der Waals surface area contributed by atoms with Crippen LogP contribution in [0.25, 0.3) is 0 Å². The van der Waals surface area contributed by atoms with Crippen LogP contribution in [0.1, 0.15) is 27.0 Å². The van der Waals surface area contributed by atoms with Crippen molar-refractivity contribution < 1.29 is 26.4 Å². The van der Waals surface area contributed by atoms with Crippen LogP contribution in [0.3, 0.4) is 0 Å². The summed E-state index contributed by atoms with van der Waals surface area (Å²) in [5.41, 5.74) is 3.26. The molecule has 37 heavy (non-hydrogen) atoms. The Labute approximate surface area is 217 Å². The molecule has 0 bridgehead atoms. The van der Waals surface area contributed by atoms with Crippen molar-refractivity contribution in [2.24, 2.45) is 0 Å². The number of hydrogen-bond acceptors (Lipinski definition) is 6. The number of carbonyl (C=O) groups excluding carboxylic acids is 1. The molecule has 0 radical (unpaired) electrons. The summed E-state index contributed by atoms with van der Waals surface area (Å²) < 4.78 is 61.1. The molecule has 0 aromatic heterocycles. The van der Waals surface area contributed by atoms with Crippen LogP contribution in [0.4, 0.5) is 11.4 Å². The van der Waals surface area contributed by atoms with Crippen LogP contribution in [0.2, 0.25) is 0 Å². The van der Waals surface area contributed by atoms with E-state index in [1.165, 1.54) is 34.6 Å². The lowest BCUT2D eigenvalue weighted by molar-refractivity contribution is 0.0730. The molecule has 1 heterocycles. The summed E-state index contributed by atoms with van der Waals surface area (Å²) in [5.74, 6) is -0.521. The van der Waals surface area contributed by atoms with Gasteiger partial charge in [-0.2, -0.15) is 4.31 Å². The van der Waals surface area contributed by atoms with Crippen LogP contribution in [0.15, 0.2) is 70.5 Å². The Morgan fingerprint density at radius 2 is 1.54 bits per heavy atom. The van der Waals surface area contributed by atoms with Gasteiger partial charge < -0.3 is 10.1 Å². The second-order valence-electron chi connectivity index (χ2n) is 8.83. The van der Waals surface area contributed by atoms with Crippen LogP contribution in [0.5, 0.6) is 0 Å². The first-order valence-corrected chi connectivity index (χ1v) is 14.6. The smallest absolute Gasteiger partial charge is 0.262 e. The van der Waals surface area contributed by atoms with Gasteiger partial charge in [-0.3, -0.25) is 9.52 Å². The Kier molecular flexibility index (Phi) is 7.69. The molecule has 3 aromatic carbocycles. The van der Waals surface area contributed by atoms with E-state index in [0.29, 0.717) is 30.2 Å². The summed E-state index contributed by atoms with van der Waals surface area (Å²) >= 11 is 0. The monoisotopic (exact) mass is 543 g/mol. The molecule has 1 aliphatic heterocycles. The first-order valence-electron chi connectivity index (χ1n) is 11.7. The second kappa shape index (κ2) is 10.6. The molecule has 0 atom stereocenters. The third-order valence-electron chi connectivity index (χ3n) is 6.31. The lowest BCUT2D eigenvalue weighted by Gasteiger charge is -2.26. The van der Waals surface area contributed by atoms with Crippen LogP contribution in [0, 0.1) is 20.8 Å². The number of nitrogens with one attached hydrogen (secondary N) is 2. The van der Waals surface area contributed by atoms with Gasteiger partial charge in [0.15, 0.2) is 0 Å². The molecule has 11 heteroatoms. The van der Waals surface area contributed by atoms with E-state index in [-0.39, 0.29) is 28.4 Å². The summed E-state index contributed by atoms with van der Waals surface area (Å²) in [4.78, 5) is 13.0. The molecule has 196 valence electrons. The fraction of sp³-hybridized carbons (Fsp3) is 0.269. The summed E-state index contributed by atoms with van der Waals surface area (Å²) in [6, 6.07) is 15.7. The first kappa shape index (κ1) is 26.8. The SMILES string of the molecule is Cc1ccc(C(=O)Nc2ccc(S(=O)(=O)N3CCOCC3)cc2)cc1S(=O)(=O)Nc1cccc(C)c1C. The topological polar surface area (TPSA) is 122 Å². The molecule has 0 unspecified atom stereocenters. The molecule has 0 aliphatic carbocycles. The van der Waals surface area contributed by atoms with Crippen molar-refractivity contribution in [3.8, 4) is 0 Å². The van der Waals surface area contributed by atoms with E-state index in [4.69, 9.17) is 4.74 Å². The van der Waals surface area contributed by atoms with Crippen molar-refractivity contribution in [3.05, 3.63) is 82.9 Å². The van der Waals surface area contributed by atoms with Gasteiger partial charge in [0.1, 0.15) is 0 Å². The summed E-state index contributed by atoms with van der Waals surface area (Å²) in [6.07, 6.45) is 0. The average molecular weight is 544 g/mol. The largest absolute Gasteiger partial charge is 0.379 e. The van der Waals surface area contributed by atoms with Crippen LogP contribution in [-0.2, 0) is 24.8 Å². The van der Waals surface area contributed by atoms with E-state index in [1.54, 1.807) is 31.2 Å². The minimum atomic E-state index is -3.96. The van der Waals surface area contributed by atoms with Crippen LogP contribution < -0.4 is 10.0 Å². The Bertz CT molecular complexity index is 1530. The van der Waals surface area contributed by atoms with E-state index >= 15 is 0 Å². The number of aryl methyl sites for hydroxylation is 2. The number of morpholine rings is 1. The predicted octanol–water partition coefficient (Wildman–Crippen LogP) is 3.69. The number of ether oxygens (including phenoxy) is 1. The fourth-order valence-electron chi connectivity index (χ4n) is 3.94. The summed E-state index contributed by atoms with van der Waals surface area (Å²) in [5, 5.41) is 2.70. The Morgan fingerprint density at radius 3 is 2.22 bits per heavy atom. The molecule has 3 aromatic rings. The zero-order valence-corrected chi connectivity index (χ0v) is 22.4. The highest BCUT2D eigenvalue weighted by atomic mass is 32.2. The normalized spacial score (nSPS) is 14.8. The van der Waals surface area contributed by atoms with Gasteiger partial charge >= 0.3 is 0 Å². The fourth-order valence-corrected chi connectivity index (χ4v) is 6.74. The minimum absolute atomic E-state index is 0.00647. The standard InChI is InChI=1S/C26H29N3O6S2/c1-18-5-4-6-24(20(18)3)28-36(31,32)25-17-21(8-7-19(25)2)26(30)27-22-9-11-23(12-10-22)37(33,34)29-13-15-35-16-14-29/h4-12,17,28H,13-16H2,1-3H3,(H,27,30). The van der Waals surface area contributed by atoms with E-state index in [0.717, 1.165) is 11.1 Å². The van der Waals surface area contributed by atoms with Gasteiger partial charge in [0.05, 0.1) is 28.7 Å². The number of anilines is 2. The average Bonchev–Trinajstić information content (AvgIpc) is 2.87. The van der Waals surface area contributed by atoms with E-state index in [2.05, 4.69) is 10.0 Å². The van der Waals surface area contributed by atoms with E-state index in [9.17, 15) is 21.6 Å². The molecule has 1 aliphatic rings. The quantitative estimate of drug-likeness (QED) is 0.469. The number of benzene rings is 3. The molecule has 9 nitrogen and oxygen atoms in total. The highest BCUT2D eigenvalue weighted by molar-refractivity contribution is 7.92. The maximum Gasteiger partial charge on any atom is 0.262 e. The highest BCUT2D eigenvalue weighted by Gasteiger charge is 2.26. The maximum absolute atomic E-state index is 13.2. The number of rotatable bonds is 7. The van der Waals surface area contributed by atoms with Crippen molar-refractivity contribution in [2.75, 3.05) is 36.3 Å². The van der Waals surface area contributed by atoms with Crippen molar-refractivity contribution in [3.63, 3.8) is 0 Å². The molecule has 4 rings (SSSR count). The van der Waals surface area contributed by atoms with Crippen molar-refractivity contribution in [2.45, 2.75) is 30.6 Å². The lowest BCUT2D eigenvalue weighted by atomic mass is 10.1. The minimum Gasteiger partial charge on any atom is -0.379 e. The molecule has 1 saturated heterocycles. The van der Waals surface area contributed by atoms with Gasteiger partial charge in [-0.25, -0.2) is 16.8 Å². The summed E-state index contributed by atoms with van der Waals surface area (Å²) in [7, 11) is -7.61. The summed E-state index contributed by atoms with van der Waals surface area (Å²) in [6.45, 7) is 6.67. The molecular weight excluding hydrogens is 514 g/mol. The van der Waals surface area contributed by atoms with Gasteiger partial charge in [0.2, 0.25) is 10.0 Å². The predicted molar refractivity (Wildman–Crippen MR) is 142 cm³/mol. The Morgan fingerprint density at radius 1 is 0.865 bits per heavy atom. The van der Waals surface area contributed by atoms with Gasteiger partial charge in [-0.1, -0.05) is 18.2 Å². The van der Waals surface area contributed by atoms with E-state index < -0.39 is 26.0 Å². The third-order valence-corrected chi connectivity index (χ3v) is 9.73. The van der Waals surface area contributed by atoms with Gasteiger partial charge in [-0.15, -0.1) is 0 Å². The molecule has 2 N–H and O–H groups in total. The molecule has 0 spiro atoms. The number of hydrogen-bond donors (Lipinski definition) is 2.